The third-order valence-corrected chi connectivity index (χ3v) is 4.87. The SMILES string of the molecule is COC(=O)c1cnc(NC(=O)[C@@H](C)Sc2ccc(OC)cc2)s1. The molecular weight excluding hydrogens is 336 g/mol. The topological polar surface area (TPSA) is 77.5 Å². The van der Waals surface area contributed by atoms with E-state index in [1.54, 1.807) is 14.0 Å². The standard InChI is InChI=1S/C15H16N2O4S2/c1-9(22-11-6-4-10(20-2)5-7-11)13(18)17-15-16-8-12(23-15)14(19)21-3/h4-9H,1-3H3,(H,16,17,18)/t9-/m1/s1. The van der Waals surface area contributed by atoms with Crippen LogP contribution in [0.3, 0.4) is 0 Å². The minimum absolute atomic E-state index is 0.184. The van der Waals surface area contributed by atoms with Crippen molar-refractivity contribution in [1.82, 2.24) is 4.98 Å². The molecule has 2 aromatic rings. The molecule has 1 heterocycles. The van der Waals surface area contributed by atoms with Crippen molar-refractivity contribution in [3.63, 3.8) is 0 Å². The Kier molecular flexibility index (Phi) is 6.00. The van der Waals surface area contributed by atoms with Crippen LogP contribution in [0.5, 0.6) is 5.75 Å². The summed E-state index contributed by atoms with van der Waals surface area (Å²) in [5.41, 5.74) is 0. The van der Waals surface area contributed by atoms with E-state index in [-0.39, 0.29) is 11.2 Å². The smallest absolute Gasteiger partial charge is 0.349 e. The van der Waals surface area contributed by atoms with Gasteiger partial charge in [-0.2, -0.15) is 0 Å². The van der Waals surface area contributed by atoms with E-state index in [0.717, 1.165) is 22.0 Å². The van der Waals surface area contributed by atoms with Crippen molar-refractivity contribution in [3.8, 4) is 5.75 Å². The number of ether oxygens (including phenoxy) is 2. The zero-order chi connectivity index (χ0) is 16.8. The lowest BCUT2D eigenvalue weighted by atomic mass is 10.3. The summed E-state index contributed by atoms with van der Waals surface area (Å²) in [6.07, 6.45) is 1.38. The minimum atomic E-state index is -0.469. The van der Waals surface area contributed by atoms with Crippen LogP contribution in [0.2, 0.25) is 0 Å². The maximum atomic E-state index is 12.2. The van der Waals surface area contributed by atoms with Crippen molar-refractivity contribution in [1.29, 1.82) is 0 Å². The number of hydrogen-bond donors (Lipinski definition) is 1. The fourth-order valence-electron chi connectivity index (χ4n) is 1.65. The summed E-state index contributed by atoms with van der Waals surface area (Å²) < 4.78 is 9.70. The van der Waals surface area contributed by atoms with Crippen LogP contribution in [0.1, 0.15) is 16.6 Å². The highest BCUT2D eigenvalue weighted by Gasteiger charge is 2.17. The van der Waals surface area contributed by atoms with Gasteiger partial charge in [-0.25, -0.2) is 9.78 Å². The van der Waals surface area contributed by atoms with Gasteiger partial charge in [0.15, 0.2) is 5.13 Å². The van der Waals surface area contributed by atoms with Crippen LogP contribution < -0.4 is 10.1 Å². The molecule has 122 valence electrons. The Morgan fingerprint density at radius 3 is 2.57 bits per heavy atom. The predicted molar refractivity (Wildman–Crippen MR) is 90.4 cm³/mol. The first-order valence-electron chi connectivity index (χ1n) is 6.69. The molecule has 0 spiro atoms. The number of carbonyl (C=O) groups excluding carboxylic acids is 2. The van der Waals surface area contributed by atoms with Crippen LogP contribution in [0.25, 0.3) is 0 Å². The molecule has 1 atom stereocenters. The third-order valence-electron chi connectivity index (χ3n) is 2.86. The molecule has 0 unspecified atom stereocenters. The first-order valence-corrected chi connectivity index (χ1v) is 8.39. The van der Waals surface area contributed by atoms with Crippen molar-refractivity contribution in [3.05, 3.63) is 35.3 Å². The Balaban J connectivity index is 1.93. The van der Waals surface area contributed by atoms with Gasteiger partial charge in [-0.15, -0.1) is 11.8 Å². The van der Waals surface area contributed by atoms with Gasteiger partial charge in [0.2, 0.25) is 5.91 Å². The molecule has 2 rings (SSSR count). The average molecular weight is 352 g/mol. The highest BCUT2D eigenvalue weighted by atomic mass is 32.2. The number of nitrogens with zero attached hydrogens (tertiary/aromatic N) is 1. The number of anilines is 1. The molecule has 0 saturated heterocycles. The zero-order valence-corrected chi connectivity index (χ0v) is 14.5. The Labute approximate surface area is 142 Å². The summed E-state index contributed by atoms with van der Waals surface area (Å²) in [5.74, 6) is 0.116. The highest BCUT2D eigenvalue weighted by Crippen LogP contribution is 2.27. The van der Waals surface area contributed by atoms with Crippen LogP contribution in [0.15, 0.2) is 35.4 Å². The number of esters is 1. The van der Waals surface area contributed by atoms with E-state index in [0.29, 0.717) is 10.0 Å². The van der Waals surface area contributed by atoms with Crippen molar-refractivity contribution in [2.75, 3.05) is 19.5 Å². The fraction of sp³-hybridized carbons (Fsp3) is 0.267. The molecule has 1 amide bonds. The molecule has 1 N–H and O–H groups in total. The first kappa shape index (κ1) is 17.3. The summed E-state index contributed by atoms with van der Waals surface area (Å²) in [6, 6.07) is 7.48. The van der Waals surface area contributed by atoms with Crippen LogP contribution in [-0.4, -0.2) is 36.3 Å². The summed E-state index contributed by atoms with van der Waals surface area (Å²) in [7, 11) is 2.91. The van der Waals surface area contributed by atoms with E-state index in [9.17, 15) is 9.59 Å². The Bertz CT molecular complexity index is 685. The molecule has 6 nitrogen and oxygen atoms in total. The molecule has 0 radical (unpaired) electrons. The van der Waals surface area contributed by atoms with Gasteiger partial charge in [0.25, 0.3) is 0 Å². The number of carbonyl (C=O) groups is 2. The lowest BCUT2D eigenvalue weighted by Gasteiger charge is -2.10. The number of thioether (sulfide) groups is 1. The number of hydrogen-bond acceptors (Lipinski definition) is 7. The van der Waals surface area contributed by atoms with E-state index >= 15 is 0 Å². The lowest BCUT2D eigenvalue weighted by Crippen LogP contribution is -2.22. The zero-order valence-electron chi connectivity index (χ0n) is 12.9. The maximum absolute atomic E-state index is 12.2. The summed E-state index contributed by atoms with van der Waals surface area (Å²) >= 11 is 2.50. The molecule has 0 aliphatic rings. The molecule has 0 aliphatic carbocycles. The molecule has 0 bridgehead atoms. The minimum Gasteiger partial charge on any atom is -0.497 e. The monoisotopic (exact) mass is 352 g/mol. The van der Waals surface area contributed by atoms with E-state index in [4.69, 9.17) is 4.74 Å². The molecule has 8 heteroatoms. The highest BCUT2D eigenvalue weighted by molar-refractivity contribution is 8.00. The molecule has 23 heavy (non-hydrogen) atoms. The number of benzene rings is 1. The van der Waals surface area contributed by atoms with Gasteiger partial charge in [0.1, 0.15) is 10.6 Å². The Morgan fingerprint density at radius 2 is 1.96 bits per heavy atom. The second-order valence-electron chi connectivity index (χ2n) is 4.45. The summed E-state index contributed by atoms with van der Waals surface area (Å²) in [5, 5.41) is 2.76. The normalized spacial score (nSPS) is 11.6. The van der Waals surface area contributed by atoms with Crippen LogP contribution in [0.4, 0.5) is 5.13 Å². The number of methoxy groups -OCH3 is 2. The van der Waals surface area contributed by atoms with Crippen LogP contribution in [0, 0.1) is 0 Å². The molecule has 1 aromatic carbocycles. The van der Waals surface area contributed by atoms with Gasteiger partial charge in [0.05, 0.1) is 25.7 Å². The van der Waals surface area contributed by atoms with E-state index in [1.807, 2.05) is 24.3 Å². The predicted octanol–water partition coefficient (Wildman–Crippen LogP) is 3.06. The molecule has 1 aromatic heterocycles. The van der Waals surface area contributed by atoms with Crippen LogP contribution >= 0.6 is 23.1 Å². The molecule has 0 fully saturated rings. The van der Waals surface area contributed by atoms with E-state index < -0.39 is 5.97 Å². The molecule has 0 saturated carbocycles. The maximum Gasteiger partial charge on any atom is 0.349 e. The van der Waals surface area contributed by atoms with Crippen molar-refractivity contribution in [2.24, 2.45) is 0 Å². The van der Waals surface area contributed by atoms with Crippen LogP contribution in [-0.2, 0) is 9.53 Å². The Morgan fingerprint density at radius 1 is 1.26 bits per heavy atom. The van der Waals surface area contributed by atoms with Gasteiger partial charge in [-0.1, -0.05) is 11.3 Å². The van der Waals surface area contributed by atoms with Gasteiger partial charge in [0, 0.05) is 4.90 Å². The van der Waals surface area contributed by atoms with Crippen molar-refractivity contribution >= 4 is 40.1 Å². The van der Waals surface area contributed by atoms with Crippen molar-refractivity contribution < 1.29 is 19.1 Å². The second kappa shape index (κ2) is 7.98. The van der Waals surface area contributed by atoms with Gasteiger partial charge >= 0.3 is 5.97 Å². The van der Waals surface area contributed by atoms with E-state index in [2.05, 4.69) is 15.0 Å². The van der Waals surface area contributed by atoms with Gasteiger partial charge in [-0.3, -0.25) is 4.79 Å². The average Bonchev–Trinajstić information content (AvgIpc) is 3.03. The van der Waals surface area contributed by atoms with Crippen molar-refractivity contribution in [2.45, 2.75) is 17.1 Å². The quantitative estimate of drug-likeness (QED) is 0.636. The number of rotatable bonds is 6. The third kappa shape index (κ3) is 4.70. The van der Waals surface area contributed by atoms with Gasteiger partial charge < -0.3 is 14.8 Å². The molecular formula is C15H16N2O4S2. The van der Waals surface area contributed by atoms with E-state index in [1.165, 1.54) is 25.1 Å². The largest absolute Gasteiger partial charge is 0.497 e. The first-order chi connectivity index (χ1) is 11.0. The molecule has 0 aliphatic heterocycles. The number of nitrogens with one attached hydrogen (secondary N) is 1. The van der Waals surface area contributed by atoms with Gasteiger partial charge in [-0.05, 0) is 31.2 Å². The number of thiazole rings is 1. The Hall–Kier alpha value is -2.06. The summed E-state index contributed by atoms with van der Waals surface area (Å²) in [4.78, 5) is 28.8. The fourth-order valence-corrected chi connectivity index (χ4v) is 3.25. The number of amides is 1. The number of aromatic nitrogens is 1. The lowest BCUT2D eigenvalue weighted by molar-refractivity contribution is -0.115. The summed E-state index contributed by atoms with van der Waals surface area (Å²) in [6.45, 7) is 1.80. The second-order valence-corrected chi connectivity index (χ2v) is 6.89.